The second kappa shape index (κ2) is 10.4. The Morgan fingerprint density at radius 3 is 2.55 bits per heavy atom. The van der Waals surface area contributed by atoms with E-state index in [-0.39, 0.29) is 35.5 Å². The number of aryl methyl sites for hydroxylation is 1. The zero-order valence-electron chi connectivity index (χ0n) is 14.4. The van der Waals surface area contributed by atoms with E-state index in [0.29, 0.717) is 6.54 Å². The average molecular weight is 440 g/mol. The lowest BCUT2D eigenvalue weighted by molar-refractivity contribution is 0.0205. The van der Waals surface area contributed by atoms with Gasteiger partial charge in [-0.2, -0.15) is 0 Å². The standard InChI is InChI=1S/C15H28N4OS.HI/c1-7-16-14(18-9-12(20-6)15(3,4)5)19-10-13-17-8-11(2)21-13;/h8,12H,7,9-10H2,1-6H3,(H2,16,18,19);1H. The minimum absolute atomic E-state index is 0. The predicted octanol–water partition coefficient (Wildman–Crippen LogP) is 3.19. The first-order chi connectivity index (χ1) is 9.86. The van der Waals surface area contributed by atoms with E-state index in [2.05, 4.69) is 55.2 Å². The van der Waals surface area contributed by atoms with Gasteiger partial charge in [-0.3, -0.25) is 0 Å². The molecular formula is C15H29IN4OS. The van der Waals surface area contributed by atoms with Crippen LogP contribution >= 0.6 is 35.3 Å². The van der Waals surface area contributed by atoms with E-state index in [1.165, 1.54) is 4.88 Å². The van der Waals surface area contributed by atoms with E-state index in [9.17, 15) is 0 Å². The summed E-state index contributed by atoms with van der Waals surface area (Å²) in [5.41, 5.74) is 0.0888. The monoisotopic (exact) mass is 440 g/mol. The van der Waals surface area contributed by atoms with Gasteiger partial charge in [0.2, 0.25) is 0 Å². The van der Waals surface area contributed by atoms with Crippen molar-refractivity contribution in [3.05, 3.63) is 16.1 Å². The Balaban J connectivity index is 0.00000441. The third-order valence-corrected chi connectivity index (χ3v) is 3.99. The lowest BCUT2D eigenvalue weighted by Crippen LogP contribution is -2.45. The van der Waals surface area contributed by atoms with Gasteiger partial charge < -0.3 is 15.4 Å². The minimum atomic E-state index is 0. The number of hydrogen-bond acceptors (Lipinski definition) is 4. The summed E-state index contributed by atoms with van der Waals surface area (Å²) in [7, 11) is 1.75. The number of aliphatic imine (C=N–C) groups is 1. The van der Waals surface area contributed by atoms with Gasteiger partial charge in [0, 0.05) is 31.3 Å². The normalized spacial score (nSPS) is 13.5. The van der Waals surface area contributed by atoms with Crippen molar-refractivity contribution < 1.29 is 4.74 Å². The number of ether oxygens (including phenoxy) is 1. The molecule has 1 aromatic heterocycles. The van der Waals surface area contributed by atoms with Crippen LogP contribution in [0.25, 0.3) is 0 Å². The van der Waals surface area contributed by atoms with E-state index in [1.54, 1.807) is 18.4 Å². The highest BCUT2D eigenvalue weighted by atomic mass is 127. The van der Waals surface area contributed by atoms with Gasteiger partial charge in [0.1, 0.15) is 5.01 Å². The predicted molar refractivity (Wildman–Crippen MR) is 105 cm³/mol. The molecule has 0 aliphatic carbocycles. The number of thiazole rings is 1. The Kier molecular flexibility index (Phi) is 10.2. The SMILES string of the molecule is CCNC(=NCc1ncc(C)s1)NCC(OC)C(C)(C)C.I. The second-order valence-electron chi connectivity index (χ2n) is 6.03. The molecule has 5 nitrogen and oxygen atoms in total. The Hall–Kier alpha value is -0.410. The van der Waals surface area contributed by atoms with Gasteiger partial charge in [-0.1, -0.05) is 20.8 Å². The van der Waals surface area contributed by atoms with Crippen molar-refractivity contribution in [2.75, 3.05) is 20.2 Å². The molecule has 1 rings (SSSR count). The zero-order valence-corrected chi connectivity index (χ0v) is 17.5. The first-order valence-corrected chi connectivity index (χ1v) is 8.14. The summed E-state index contributed by atoms with van der Waals surface area (Å²) in [6.07, 6.45) is 2.01. The molecule has 1 heterocycles. The van der Waals surface area contributed by atoms with Crippen molar-refractivity contribution in [2.24, 2.45) is 10.4 Å². The van der Waals surface area contributed by atoms with Crippen LogP contribution in [0.1, 0.15) is 37.6 Å². The number of rotatable bonds is 6. The quantitative estimate of drug-likeness (QED) is 0.405. The Morgan fingerprint density at radius 1 is 1.41 bits per heavy atom. The second-order valence-corrected chi connectivity index (χ2v) is 7.35. The van der Waals surface area contributed by atoms with Crippen LogP contribution in [0.3, 0.4) is 0 Å². The van der Waals surface area contributed by atoms with Crippen LogP contribution in [-0.4, -0.2) is 37.2 Å². The van der Waals surface area contributed by atoms with Gasteiger partial charge in [-0.25, -0.2) is 9.98 Å². The third-order valence-electron chi connectivity index (χ3n) is 3.09. The van der Waals surface area contributed by atoms with Crippen LogP contribution in [0.15, 0.2) is 11.2 Å². The van der Waals surface area contributed by atoms with Crippen LogP contribution in [0, 0.1) is 12.3 Å². The number of guanidine groups is 1. The third kappa shape index (κ3) is 7.73. The Labute approximate surface area is 155 Å². The molecule has 0 spiro atoms. The summed E-state index contributed by atoms with van der Waals surface area (Å²) >= 11 is 1.68. The number of nitrogens with zero attached hydrogens (tertiary/aromatic N) is 2. The maximum absolute atomic E-state index is 5.55. The summed E-state index contributed by atoms with van der Waals surface area (Å²) in [6, 6.07) is 0. The molecule has 0 amide bonds. The molecule has 128 valence electrons. The molecule has 0 aromatic carbocycles. The van der Waals surface area contributed by atoms with Crippen LogP contribution < -0.4 is 10.6 Å². The van der Waals surface area contributed by atoms with Gasteiger partial charge in [0.05, 0.1) is 12.6 Å². The Bertz CT molecular complexity index is 457. The number of aromatic nitrogens is 1. The van der Waals surface area contributed by atoms with Gasteiger partial charge in [-0.15, -0.1) is 35.3 Å². The van der Waals surface area contributed by atoms with Crippen LogP contribution in [0.4, 0.5) is 0 Å². The highest BCUT2D eigenvalue weighted by Gasteiger charge is 2.24. The van der Waals surface area contributed by atoms with Crippen LogP contribution in [-0.2, 0) is 11.3 Å². The zero-order chi connectivity index (χ0) is 15.9. The summed E-state index contributed by atoms with van der Waals surface area (Å²) < 4.78 is 5.55. The van der Waals surface area contributed by atoms with Gasteiger partial charge in [0.15, 0.2) is 5.96 Å². The number of methoxy groups -OCH3 is 1. The number of hydrogen-bond donors (Lipinski definition) is 2. The molecule has 1 aromatic rings. The van der Waals surface area contributed by atoms with Crippen molar-refractivity contribution >= 4 is 41.3 Å². The van der Waals surface area contributed by atoms with E-state index in [4.69, 9.17) is 4.74 Å². The first-order valence-electron chi connectivity index (χ1n) is 7.33. The molecule has 1 atom stereocenters. The highest BCUT2D eigenvalue weighted by molar-refractivity contribution is 14.0. The summed E-state index contributed by atoms with van der Waals surface area (Å²) in [5.74, 6) is 0.802. The van der Waals surface area contributed by atoms with E-state index < -0.39 is 0 Å². The van der Waals surface area contributed by atoms with Gasteiger partial charge in [0.25, 0.3) is 0 Å². The molecule has 0 aliphatic rings. The van der Waals surface area contributed by atoms with E-state index >= 15 is 0 Å². The van der Waals surface area contributed by atoms with E-state index in [0.717, 1.165) is 24.1 Å². The first kappa shape index (κ1) is 21.6. The topological polar surface area (TPSA) is 58.5 Å². The largest absolute Gasteiger partial charge is 0.379 e. The molecule has 1 unspecified atom stereocenters. The molecule has 0 saturated carbocycles. The van der Waals surface area contributed by atoms with E-state index in [1.807, 2.05) is 6.20 Å². The molecular weight excluding hydrogens is 411 g/mol. The van der Waals surface area contributed by atoms with Crippen LogP contribution in [0.5, 0.6) is 0 Å². The summed E-state index contributed by atoms with van der Waals surface area (Å²) in [6.45, 7) is 12.8. The van der Waals surface area contributed by atoms with Gasteiger partial charge in [-0.05, 0) is 19.3 Å². The van der Waals surface area contributed by atoms with Crippen LogP contribution in [0.2, 0.25) is 0 Å². The molecule has 0 aliphatic heterocycles. The Morgan fingerprint density at radius 2 is 2.09 bits per heavy atom. The average Bonchev–Trinajstić information content (AvgIpc) is 2.80. The highest BCUT2D eigenvalue weighted by Crippen LogP contribution is 2.20. The molecule has 0 fully saturated rings. The fourth-order valence-electron chi connectivity index (χ4n) is 1.90. The van der Waals surface area contributed by atoms with Crippen molar-refractivity contribution in [1.29, 1.82) is 0 Å². The fraction of sp³-hybridized carbons (Fsp3) is 0.733. The summed E-state index contributed by atoms with van der Waals surface area (Å²) in [4.78, 5) is 10.1. The van der Waals surface area contributed by atoms with Crippen molar-refractivity contribution in [3.8, 4) is 0 Å². The smallest absolute Gasteiger partial charge is 0.191 e. The molecule has 7 heteroatoms. The van der Waals surface area contributed by atoms with Crippen molar-refractivity contribution in [1.82, 2.24) is 15.6 Å². The lowest BCUT2D eigenvalue weighted by Gasteiger charge is -2.30. The lowest BCUT2D eigenvalue weighted by atomic mass is 9.89. The molecule has 0 radical (unpaired) electrons. The number of nitrogens with one attached hydrogen (secondary N) is 2. The van der Waals surface area contributed by atoms with Gasteiger partial charge >= 0.3 is 0 Å². The maximum Gasteiger partial charge on any atom is 0.191 e. The fourth-order valence-corrected chi connectivity index (χ4v) is 2.61. The molecule has 0 saturated heterocycles. The summed E-state index contributed by atoms with van der Waals surface area (Å²) in [5, 5.41) is 7.63. The maximum atomic E-state index is 5.55. The van der Waals surface area contributed by atoms with Crippen molar-refractivity contribution in [3.63, 3.8) is 0 Å². The number of halogens is 1. The van der Waals surface area contributed by atoms with Crippen molar-refractivity contribution in [2.45, 2.75) is 47.3 Å². The molecule has 2 N–H and O–H groups in total. The minimum Gasteiger partial charge on any atom is -0.379 e. The molecule has 0 bridgehead atoms. The molecule has 22 heavy (non-hydrogen) atoms.